The van der Waals surface area contributed by atoms with Gasteiger partial charge in [0.05, 0.1) is 0 Å². The number of aliphatic hydroxyl groups is 1. The monoisotopic (exact) mass is 241 g/mol. The van der Waals surface area contributed by atoms with Crippen LogP contribution in [0.4, 0.5) is 0 Å². The molecule has 0 aromatic carbocycles. The molecule has 1 N–H and O–H groups in total. The molecule has 0 aromatic rings. The molecule has 0 aliphatic carbocycles. The Hall–Kier alpha value is -0.610. The predicted octanol–water partition coefficient (Wildman–Crippen LogP) is 1.67. The number of unbranched alkanes of at least 4 members (excludes halogenated alkanes) is 1. The SMILES string of the molecule is CCCC[C@]1(C)OC(=O)[C@H]2CCCN2C1(C)O. The number of rotatable bonds is 3. The zero-order valence-electron chi connectivity index (χ0n) is 11.0. The largest absolute Gasteiger partial charge is 0.454 e. The normalized spacial score (nSPS) is 42.4. The second-order valence-corrected chi connectivity index (χ2v) is 5.63. The molecule has 0 bridgehead atoms. The fourth-order valence-corrected chi connectivity index (χ4v) is 3.03. The van der Waals surface area contributed by atoms with E-state index in [0.717, 1.165) is 32.2 Å². The third kappa shape index (κ3) is 1.87. The molecule has 98 valence electrons. The van der Waals surface area contributed by atoms with Gasteiger partial charge in [-0.2, -0.15) is 0 Å². The van der Waals surface area contributed by atoms with E-state index in [1.165, 1.54) is 0 Å². The first-order chi connectivity index (χ1) is 7.92. The Bertz CT molecular complexity index is 316. The van der Waals surface area contributed by atoms with Crippen LogP contribution >= 0.6 is 0 Å². The standard InChI is InChI=1S/C13H23NO3/c1-4-5-8-12(2)13(3,16)14-9-6-7-10(14)11(15)17-12/h10,16H,4-9H2,1-3H3/t10-,12+,13?/m1/s1. The number of fused-ring (bicyclic) bond motifs is 1. The van der Waals surface area contributed by atoms with E-state index in [-0.39, 0.29) is 12.0 Å². The third-order valence-electron chi connectivity index (χ3n) is 4.42. The lowest BCUT2D eigenvalue weighted by Crippen LogP contribution is -2.69. The summed E-state index contributed by atoms with van der Waals surface area (Å²) in [4.78, 5) is 13.9. The number of nitrogens with zero attached hydrogens (tertiary/aromatic N) is 1. The molecule has 2 aliphatic heterocycles. The molecule has 0 saturated carbocycles. The van der Waals surface area contributed by atoms with Crippen molar-refractivity contribution in [2.45, 2.75) is 70.2 Å². The van der Waals surface area contributed by atoms with E-state index in [9.17, 15) is 9.90 Å². The Labute approximate surface area is 103 Å². The Morgan fingerprint density at radius 2 is 2.24 bits per heavy atom. The minimum atomic E-state index is -1.04. The molecule has 2 fully saturated rings. The van der Waals surface area contributed by atoms with Crippen molar-refractivity contribution in [3.05, 3.63) is 0 Å². The molecule has 0 aromatic heterocycles. The molecule has 2 heterocycles. The Balaban J connectivity index is 2.25. The van der Waals surface area contributed by atoms with E-state index in [2.05, 4.69) is 6.92 Å². The molecule has 3 atom stereocenters. The summed E-state index contributed by atoms with van der Waals surface area (Å²) in [6, 6.07) is -0.236. The number of morpholine rings is 1. The van der Waals surface area contributed by atoms with Crippen molar-refractivity contribution >= 4 is 5.97 Å². The van der Waals surface area contributed by atoms with Crippen LogP contribution in [-0.2, 0) is 9.53 Å². The second kappa shape index (κ2) is 4.25. The fraction of sp³-hybridized carbons (Fsp3) is 0.923. The van der Waals surface area contributed by atoms with E-state index < -0.39 is 11.3 Å². The van der Waals surface area contributed by atoms with Gasteiger partial charge < -0.3 is 9.84 Å². The summed E-state index contributed by atoms with van der Waals surface area (Å²) < 4.78 is 5.57. The number of hydrogen-bond donors (Lipinski definition) is 1. The highest BCUT2D eigenvalue weighted by Gasteiger charge is 2.58. The Morgan fingerprint density at radius 1 is 1.53 bits per heavy atom. The van der Waals surface area contributed by atoms with Gasteiger partial charge in [0.25, 0.3) is 0 Å². The number of ether oxygens (including phenoxy) is 1. The summed E-state index contributed by atoms with van der Waals surface area (Å²) >= 11 is 0. The molecular weight excluding hydrogens is 218 g/mol. The fourth-order valence-electron chi connectivity index (χ4n) is 3.03. The van der Waals surface area contributed by atoms with Crippen LogP contribution in [0.3, 0.4) is 0 Å². The topological polar surface area (TPSA) is 49.8 Å². The van der Waals surface area contributed by atoms with Crippen molar-refractivity contribution in [3.63, 3.8) is 0 Å². The first-order valence-electron chi connectivity index (χ1n) is 6.64. The van der Waals surface area contributed by atoms with Crippen LogP contribution in [0.2, 0.25) is 0 Å². The Morgan fingerprint density at radius 3 is 2.88 bits per heavy atom. The van der Waals surface area contributed by atoms with Crippen LogP contribution < -0.4 is 0 Å². The Kier molecular flexibility index (Phi) is 3.21. The van der Waals surface area contributed by atoms with Gasteiger partial charge in [-0.25, -0.2) is 0 Å². The molecule has 4 nitrogen and oxygen atoms in total. The summed E-state index contributed by atoms with van der Waals surface area (Å²) in [5.41, 5.74) is -1.82. The van der Waals surface area contributed by atoms with E-state index in [0.29, 0.717) is 6.42 Å². The molecule has 0 radical (unpaired) electrons. The minimum Gasteiger partial charge on any atom is -0.454 e. The van der Waals surface area contributed by atoms with Gasteiger partial charge in [-0.05, 0) is 39.5 Å². The minimum absolute atomic E-state index is 0.160. The lowest BCUT2D eigenvalue weighted by molar-refractivity contribution is -0.268. The van der Waals surface area contributed by atoms with Crippen molar-refractivity contribution in [1.29, 1.82) is 0 Å². The predicted molar refractivity (Wildman–Crippen MR) is 64.4 cm³/mol. The van der Waals surface area contributed by atoms with Crippen LogP contribution in [0, 0.1) is 0 Å². The van der Waals surface area contributed by atoms with Gasteiger partial charge in [0.1, 0.15) is 6.04 Å². The third-order valence-corrected chi connectivity index (χ3v) is 4.42. The molecule has 2 aliphatic rings. The molecule has 17 heavy (non-hydrogen) atoms. The maximum atomic E-state index is 12.0. The average molecular weight is 241 g/mol. The summed E-state index contributed by atoms with van der Waals surface area (Å²) in [5, 5.41) is 10.8. The summed E-state index contributed by atoms with van der Waals surface area (Å²) in [6.45, 7) is 6.53. The van der Waals surface area contributed by atoms with Gasteiger partial charge in [0.2, 0.25) is 0 Å². The van der Waals surface area contributed by atoms with Crippen LogP contribution in [-0.4, -0.2) is 39.9 Å². The van der Waals surface area contributed by atoms with E-state index in [1.54, 1.807) is 6.92 Å². The molecule has 0 amide bonds. The van der Waals surface area contributed by atoms with Gasteiger partial charge in [0.15, 0.2) is 11.3 Å². The van der Waals surface area contributed by atoms with Crippen LogP contribution in [0.25, 0.3) is 0 Å². The summed E-state index contributed by atoms with van der Waals surface area (Å²) in [5.74, 6) is -0.160. The number of cyclic esters (lactones) is 1. The summed E-state index contributed by atoms with van der Waals surface area (Å²) in [6.07, 6.45) is 4.47. The number of hydrogen-bond acceptors (Lipinski definition) is 4. The highest BCUT2D eigenvalue weighted by Crippen LogP contribution is 2.42. The maximum absolute atomic E-state index is 12.0. The molecular formula is C13H23NO3. The van der Waals surface area contributed by atoms with Gasteiger partial charge in [-0.1, -0.05) is 13.3 Å². The van der Waals surface area contributed by atoms with Crippen molar-refractivity contribution < 1.29 is 14.6 Å². The quantitative estimate of drug-likeness (QED) is 0.764. The van der Waals surface area contributed by atoms with Gasteiger partial charge in [-0.15, -0.1) is 0 Å². The zero-order chi connectivity index (χ0) is 12.7. The van der Waals surface area contributed by atoms with Crippen molar-refractivity contribution in [1.82, 2.24) is 4.90 Å². The van der Waals surface area contributed by atoms with Crippen LogP contribution in [0.1, 0.15) is 52.9 Å². The van der Waals surface area contributed by atoms with Gasteiger partial charge >= 0.3 is 5.97 Å². The second-order valence-electron chi connectivity index (χ2n) is 5.63. The molecule has 0 spiro atoms. The molecule has 2 saturated heterocycles. The summed E-state index contributed by atoms with van der Waals surface area (Å²) in [7, 11) is 0. The lowest BCUT2D eigenvalue weighted by atomic mass is 9.84. The first kappa shape index (κ1) is 12.8. The van der Waals surface area contributed by atoms with E-state index in [1.807, 2.05) is 11.8 Å². The van der Waals surface area contributed by atoms with Crippen LogP contribution in [0.15, 0.2) is 0 Å². The first-order valence-corrected chi connectivity index (χ1v) is 6.64. The number of carbonyl (C=O) groups excluding carboxylic acids is 1. The highest BCUT2D eigenvalue weighted by molar-refractivity contribution is 5.78. The van der Waals surface area contributed by atoms with Crippen molar-refractivity contribution in [3.8, 4) is 0 Å². The van der Waals surface area contributed by atoms with Gasteiger partial charge in [-0.3, -0.25) is 9.69 Å². The van der Waals surface area contributed by atoms with E-state index >= 15 is 0 Å². The van der Waals surface area contributed by atoms with Crippen molar-refractivity contribution in [2.75, 3.05) is 6.54 Å². The van der Waals surface area contributed by atoms with Gasteiger partial charge in [0, 0.05) is 6.54 Å². The highest BCUT2D eigenvalue weighted by atomic mass is 16.6. The van der Waals surface area contributed by atoms with Crippen molar-refractivity contribution in [2.24, 2.45) is 0 Å². The smallest absolute Gasteiger partial charge is 0.324 e. The molecule has 2 rings (SSSR count). The molecule has 4 heteroatoms. The maximum Gasteiger partial charge on any atom is 0.324 e. The number of esters is 1. The average Bonchev–Trinajstić information content (AvgIpc) is 2.74. The number of carbonyl (C=O) groups is 1. The lowest BCUT2D eigenvalue weighted by Gasteiger charge is -2.52. The zero-order valence-corrected chi connectivity index (χ0v) is 11.0. The molecule has 1 unspecified atom stereocenters. The van der Waals surface area contributed by atoms with E-state index in [4.69, 9.17) is 4.74 Å². The van der Waals surface area contributed by atoms with Crippen LogP contribution in [0.5, 0.6) is 0 Å².